The highest BCUT2D eigenvalue weighted by Crippen LogP contribution is 2.10. The molecule has 0 bridgehead atoms. The highest BCUT2D eigenvalue weighted by atomic mass is 32.1. The number of rotatable bonds is 7. The summed E-state index contributed by atoms with van der Waals surface area (Å²) in [7, 11) is 2.08. The van der Waals surface area contributed by atoms with Crippen molar-refractivity contribution in [1.29, 1.82) is 0 Å². The van der Waals surface area contributed by atoms with Crippen LogP contribution in [0.4, 0.5) is 0 Å². The van der Waals surface area contributed by atoms with Gasteiger partial charge in [-0.25, -0.2) is 4.98 Å². The van der Waals surface area contributed by atoms with Crippen LogP contribution in [-0.4, -0.2) is 36.0 Å². The van der Waals surface area contributed by atoms with E-state index in [0.29, 0.717) is 0 Å². The molecule has 23 heavy (non-hydrogen) atoms. The van der Waals surface area contributed by atoms with Crippen LogP contribution in [-0.2, 0) is 13.0 Å². The van der Waals surface area contributed by atoms with Crippen LogP contribution in [0.3, 0.4) is 0 Å². The predicted octanol–water partition coefficient (Wildman–Crippen LogP) is 3.48. The number of benzene rings is 1. The molecule has 0 radical (unpaired) electrons. The second-order valence-electron chi connectivity index (χ2n) is 5.56. The average Bonchev–Trinajstić information content (AvgIpc) is 2.96. The van der Waals surface area contributed by atoms with E-state index in [2.05, 4.69) is 58.8 Å². The molecule has 1 aromatic carbocycles. The van der Waals surface area contributed by atoms with Crippen molar-refractivity contribution >= 4 is 17.3 Å². The molecule has 0 spiro atoms. The van der Waals surface area contributed by atoms with Gasteiger partial charge in [-0.3, -0.25) is 4.99 Å². The van der Waals surface area contributed by atoms with E-state index >= 15 is 0 Å². The summed E-state index contributed by atoms with van der Waals surface area (Å²) in [4.78, 5) is 11.4. The third kappa shape index (κ3) is 6.02. The monoisotopic (exact) mass is 330 g/mol. The van der Waals surface area contributed by atoms with Crippen LogP contribution in [0, 0.1) is 6.92 Å². The lowest BCUT2D eigenvalue weighted by Gasteiger charge is -2.22. The van der Waals surface area contributed by atoms with Crippen molar-refractivity contribution in [3.8, 4) is 0 Å². The van der Waals surface area contributed by atoms with Gasteiger partial charge in [0, 0.05) is 44.2 Å². The molecule has 5 heteroatoms. The molecule has 124 valence electrons. The third-order valence-corrected chi connectivity index (χ3v) is 4.46. The Kier molecular flexibility index (Phi) is 7.07. The summed E-state index contributed by atoms with van der Waals surface area (Å²) in [6.07, 6.45) is 2.03. The smallest absolute Gasteiger partial charge is 0.193 e. The molecule has 2 aromatic rings. The van der Waals surface area contributed by atoms with Crippen molar-refractivity contribution in [3.05, 3.63) is 52.0 Å². The zero-order valence-electron chi connectivity index (χ0n) is 14.2. The van der Waals surface area contributed by atoms with Gasteiger partial charge in [0.15, 0.2) is 5.96 Å². The molecule has 0 unspecified atom stereocenters. The highest BCUT2D eigenvalue weighted by Gasteiger charge is 2.06. The SMILES string of the molecule is CCNC(=NCCCc1nc(C)cs1)N(C)Cc1ccccc1. The van der Waals surface area contributed by atoms with Crippen LogP contribution >= 0.6 is 11.3 Å². The summed E-state index contributed by atoms with van der Waals surface area (Å²) < 4.78 is 0. The Morgan fingerprint density at radius 2 is 2.09 bits per heavy atom. The number of hydrogen-bond donors (Lipinski definition) is 1. The molecule has 0 aliphatic carbocycles. The van der Waals surface area contributed by atoms with Gasteiger partial charge >= 0.3 is 0 Å². The minimum atomic E-state index is 0.820. The first kappa shape index (κ1) is 17.5. The molecule has 0 amide bonds. The van der Waals surface area contributed by atoms with Crippen LogP contribution in [0.5, 0.6) is 0 Å². The van der Waals surface area contributed by atoms with Crippen LogP contribution in [0.25, 0.3) is 0 Å². The lowest BCUT2D eigenvalue weighted by atomic mass is 10.2. The Morgan fingerprint density at radius 3 is 2.74 bits per heavy atom. The minimum Gasteiger partial charge on any atom is -0.357 e. The highest BCUT2D eigenvalue weighted by molar-refractivity contribution is 7.09. The van der Waals surface area contributed by atoms with E-state index in [9.17, 15) is 0 Å². The van der Waals surface area contributed by atoms with Gasteiger partial charge in [0.1, 0.15) is 0 Å². The van der Waals surface area contributed by atoms with Crippen LogP contribution < -0.4 is 5.32 Å². The number of thiazole rings is 1. The molecule has 1 heterocycles. The zero-order chi connectivity index (χ0) is 16.5. The van der Waals surface area contributed by atoms with Crippen LogP contribution in [0.2, 0.25) is 0 Å². The Labute approximate surface area is 143 Å². The maximum Gasteiger partial charge on any atom is 0.193 e. The summed E-state index contributed by atoms with van der Waals surface area (Å²) in [6, 6.07) is 10.5. The van der Waals surface area contributed by atoms with Crippen molar-refractivity contribution in [2.45, 2.75) is 33.2 Å². The molecule has 2 rings (SSSR count). The molecular formula is C18H26N4S. The summed E-state index contributed by atoms with van der Waals surface area (Å²) in [6.45, 7) is 6.70. The van der Waals surface area contributed by atoms with E-state index in [0.717, 1.165) is 44.1 Å². The Morgan fingerprint density at radius 1 is 1.30 bits per heavy atom. The summed E-state index contributed by atoms with van der Waals surface area (Å²) in [5.74, 6) is 0.965. The fourth-order valence-corrected chi connectivity index (χ4v) is 3.15. The minimum absolute atomic E-state index is 0.820. The molecular weight excluding hydrogens is 304 g/mol. The number of hydrogen-bond acceptors (Lipinski definition) is 3. The normalized spacial score (nSPS) is 11.5. The van der Waals surface area contributed by atoms with E-state index in [1.165, 1.54) is 10.6 Å². The standard InChI is InChI=1S/C18H26N4S/c1-4-19-18(22(3)13-16-9-6-5-7-10-16)20-12-8-11-17-21-15(2)14-23-17/h5-7,9-10,14H,4,8,11-13H2,1-3H3,(H,19,20). The van der Waals surface area contributed by atoms with E-state index < -0.39 is 0 Å². The maximum absolute atomic E-state index is 4.74. The van der Waals surface area contributed by atoms with Gasteiger partial charge in [0.05, 0.1) is 5.01 Å². The fourth-order valence-electron chi connectivity index (χ4n) is 2.33. The van der Waals surface area contributed by atoms with Gasteiger partial charge in [0.2, 0.25) is 0 Å². The van der Waals surface area contributed by atoms with Crippen molar-refractivity contribution in [2.75, 3.05) is 20.1 Å². The topological polar surface area (TPSA) is 40.5 Å². The number of aliphatic imine (C=N–C) groups is 1. The number of nitrogens with zero attached hydrogens (tertiary/aromatic N) is 3. The van der Waals surface area contributed by atoms with E-state index in [1.54, 1.807) is 11.3 Å². The Hall–Kier alpha value is -1.88. The van der Waals surface area contributed by atoms with Crippen LogP contribution in [0.1, 0.15) is 29.6 Å². The van der Waals surface area contributed by atoms with Crippen molar-refractivity contribution in [3.63, 3.8) is 0 Å². The first-order chi connectivity index (χ1) is 11.2. The number of aromatic nitrogens is 1. The van der Waals surface area contributed by atoms with Crippen molar-refractivity contribution in [2.24, 2.45) is 4.99 Å². The largest absolute Gasteiger partial charge is 0.357 e. The van der Waals surface area contributed by atoms with Crippen LogP contribution in [0.15, 0.2) is 40.7 Å². The molecule has 0 saturated heterocycles. The zero-order valence-corrected chi connectivity index (χ0v) is 15.1. The summed E-state index contributed by atoms with van der Waals surface area (Å²) in [5.41, 5.74) is 2.41. The second-order valence-corrected chi connectivity index (χ2v) is 6.51. The molecule has 0 fully saturated rings. The van der Waals surface area contributed by atoms with Gasteiger partial charge in [0.25, 0.3) is 0 Å². The quantitative estimate of drug-likeness (QED) is 0.480. The number of nitrogens with one attached hydrogen (secondary N) is 1. The fraction of sp³-hybridized carbons (Fsp3) is 0.444. The second kappa shape index (κ2) is 9.30. The first-order valence-corrected chi connectivity index (χ1v) is 9.01. The average molecular weight is 331 g/mol. The maximum atomic E-state index is 4.74. The number of guanidine groups is 1. The van der Waals surface area contributed by atoms with E-state index in [-0.39, 0.29) is 0 Å². The first-order valence-electron chi connectivity index (χ1n) is 8.13. The van der Waals surface area contributed by atoms with Gasteiger partial charge in [-0.05, 0) is 25.8 Å². The van der Waals surface area contributed by atoms with Crippen molar-refractivity contribution < 1.29 is 0 Å². The molecule has 1 N–H and O–H groups in total. The van der Waals surface area contributed by atoms with E-state index in [1.807, 2.05) is 13.0 Å². The number of aryl methyl sites for hydroxylation is 2. The molecule has 0 aliphatic heterocycles. The van der Waals surface area contributed by atoms with Gasteiger partial charge in [-0.15, -0.1) is 11.3 Å². The molecule has 0 atom stereocenters. The third-order valence-electron chi connectivity index (χ3n) is 3.44. The van der Waals surface area contributed by atoms with Gasteiger partial charge < -0.3 is 10.2 Å². The van der Waals surface area contributed by atoms with Gasteiger partial charge in [-0.1, -0.05) is 30.3 Å². The molecule has 1 aromatic heterocycles. The Bertz CT molecular complexity index is 606. The van der Waals surface area contributed by atoms with E-state index in [4.69, 9.17) is 4.99 Å². The molecule has 4 nitrogen and oxygen atoms in total. The summed E-state index contributed by atoms with van der Waals surface area (Å²) >= 11 is 1.74. The summed E-state index contributed by atoms with van der Waals surface area (Å²) in [5, 5.41) is 6.68. The molecule has 0 aliphatic rings. The van der Waals surface area contributed by atoms with Crippen molar-refractivity contribution in [1.82, 2.24) is 15.2 Å². The lowest BCUT2D eigenvalue weighted by Crippen LogP contribution is -2.38. The molecule has 0 saturated carbocycles. The lowest BCUT2D eigenvalue weighted by molar-refractivity contribution is 0.476. The predicted molar refractivity (Wildman–Crippen MR) is 99.1 cm³/mol. The van der Waals surface area contributed by atoms with Gasteiger partial charge in [-0.2, -0.15) is 0 Å². The Balaban J connectivity index is 1.85.